The molecule has 0 spiro atoms. The number of carbonyl (C=O) groups excluding carboxylic acids is 1. The average molecular weight is 343 g/mol. The largest absolute Gasteiger partial charge is 0.493 e. The maximum absolute atomic E-state index is 11.5. The van der Waals surface area contributed by atoms with Gasteiger partial charge in [0.05, 0.1) is 25.6 Å². The van der Waals surface area contributed by atoms with E-state index in [1.165, 1.54) is 11.3 Å². The van der Waals surface area contributed by atoms with E-state index in [4.69, 9.17) is 20.9 Å². The van der Waals surface area contributed by atoms with E-state index in [2.05, 4.69) is 4.98 Å². The minimum Gasteiger partial charge on any atom is -0.493 e. The van der Waals surface area contributed by atoms with Gasteiger partial charge in [0.25, 0.3) is 5.91 Å². The van der Waals surface area contributed by atoms with E-state index in [1.807, 2.05) is 31.2 Å². The van der Waals surface area contributed by atoms with Crippen LogP contribution in [0.1, 0.15) is 15.2 Å². The van der Waals surface area contributed by atoms with Gasteiger partial charge in [-0.3, -0.25) is 4.79 Å². The van der Waals surface area contributed by atoms with Crippen LogP contribution in [0, 0.1) is 6.92 Å². The molecule has 0 radical (unpaired) electrons. The number of methoxy groups -OCH3 is 2. The summed E-state index contributed by atoms with van der Waals surface area (Å²) in [4.78, 5) is 17.2. The number of amides is 1. The van der Waals surface area contributed by atoms with Crippen molar-refractivity contribution in [3.8, 4) is 22.8 Å². The molecule has 0 fully saturated rings. The third-order valence-electron chi connectivity index (χ3n) is 3.80. The number of ether oxygens (including phenoxy) is 2. The lowest BCUT2D eigenvalue weighted by Gasteiger charge is -2.10. The lowest BCUT2D eigenvalue weighted by molar-refractivity contribution is 0.100. The maximum atomic E-state index is 11.5. The minimum absolute atomic E-state index is 0.338. The van der Waals surface area contributed by atoms with Gasteiger partial charge in [-0.2, -0.15) is 0 Å². The zero-order chi connectivity index (χ0) is 17.4. The number of aryl methyl sites for hydroxylation is 1. The van der Waals surface area contributed by atoms with Crippen LogP contribution in [0.15, 0.2) is 24.3 Å². The summed E-state index contributed by atoms with van der Waals surface area (Å²) in [5.41, 5.74) is 14.4. The number of hydrogen-bond donors (Lipinski definition) is 2. The highest BCUT2D eigenvalue weighted by Gasteiger charge is 2.18. The molecule has 0 aliphatic heterocycles. The quantitative estimate of drug-likeness (QED) is 0.758. The second-order valence-electron chi connectivity index (χ2n) is 5.28. The predicted molar refractivity (Wildman–Crippen MR) is 95.8 cm³/mol. The van der Waals surface area contributed by atoms with Crippen LogP contribution >= 0.6 is 11.3 Å². The van der Waals surface area contributed by atoms with Crippen LogP contribution in [0.4, 0.5) is 5.69 Å². The molecule has 0 saturated heterocycles. The number of nitrogens with two attached hydrogens (primary N) is 2. The number of thiophene rings is 1. The number of benzene rings is 1. The molecule has 124 valence electrons. The molecule has 1 amide bonds. The van der Waals surface area contributed by atoms with Gasteiger partial charge in [0.15, 0.2) is 11.5 Å². The number of nitrogens with zero attached hydrogens (tertiary/aromatic N) is 1. The van der Waals surface area contributed by atoms with Gasteiger partial charge in [-0.25, -0.2) is 4.98 Å². The van der Waals surface area contributed by atoms with E-state index in [0.29, 0.717) is 26.9 Å². The first-order chi connectivity index (χ1) is 11.5. The van der Waals surface area contributed by atoms with Crippen LogP contribution in [0.2, 0.25) is 0 Å². The van der Waals surface area contributed by atoms with E-state index in [9.17, 15) is 4.79 Å². The Kier molecular flexibility index (Phi) is 4.02. The van der Waals surface area contributed by atoms with Crippen LogP contribution in [0.5, 0.6) is 11.5 Å². The Morgan fingerprint density at radius 3 is 2.50 bits per heavy atom. The maximum Gasteiger partial charge on any atom is 0.260 e. The third kappa shape index (κ3) is 2.52. The van der Waals surface area contributed by atoms with Crippen LogP contribution in [0.3, 0.4) is 0 Å². The number of anilines is 1. The molecule has 0 saturated carbocycles. The van der Waals surface area contributed by atoms with Gasteiger partial charge in [0, 0.05) is 10.9 Å². The van der Waals surface area contributed by atoms with Gasteiger partial charge in [0.1, 0.15) is 9.71 Å². The summed E-state index contributed by atoms with van der Waals surface area (Å²) in [6.45, 7) is 1.93. The second kappa shape index (κ2) is 6.01. The van der Waals surface area contributed by atoms with Gasteiger partial charge < -0.3 is 20.9 Å². The van der Waals surface area contributed by atoms with Gasteiger partial charge in [0.2, 0.25) is 0 Å². The Morgan fingerprint density at radius 1 is 1.17 bits per heavy atom. The number of rotatable bonds is 4. The highest BCUT2D eigenvalue weighted by Crippen LogP contribution is 2.38. The highest BCUT2D eigenvalue weighted by molar-refractivity contribution is 7.21. The normalized spacial score (nSPS) is 10.8. The Balaban J connectivity index is 2.19. The topological polar surface area (TPSA) is 100 Å². The number of carbonyl (C=O) groups is 1. The Bertz CT molecular complexity index is 950. The molecule has 7 heteroatoms. The SMILES string of the molecule is COc1ccc(-c2cc(C)c3c(N)c(C(N)=O)sc3n2)cc1OC. The van der Waals surface area contributed by atoms with E-state index < -0.39 is 5.91 Å². The number of hydrogen-bond acceptors (Lipinski definition) is 6. The summed E-state index contributed by atoms with van der Waals surface area (Å²) < 4.78 is 10.6. The lowest BCUT2D eigenvalue weighted by Crippen LogP contribution is -2.10. The highest BCUT2D eigenvalue weighted by atomic mass is 32.1. The molecule has 6 nitrogen and oxygen atoms in total. The van der Waals surface area contributed by atoms with E-state index in [0.717, 1.165) is 22.2 Å². The molecule has 0 aliphatic carbocycles. The van der Waals surface area contributed by atoms with Crippen molar-refractivity contribution in [1.29, 1.82) is 0 Å². The smallest absolute Gasteiger partial charge is 0.260 e. The summed E-state index contributed by atoms with van der Waals surface area (Å²) >= 11 is 1.21. The number of pyridine rings is 1. The first-order valence-electron chi connectivity index (χ1n) is 7.18. The molecule has 3 rings (SSSR count). The fourth-order valence-electron chi connectivity index (χ4n) is 2.64. The summed E-state index contributed by atoms with van der Waals surface area (Å²) in [5, 5.41) is 0.776. The molecule has 2 heterocycles. The Morgan fingerprint density at radius 2 is 1.88 bits per heavy atom. The molecule has 0 atom stereocenters. The summed E-state index contributed by atoms with van der Waals surface area (Å²) in [5.74, 6) is 0.732. The van der Waals surface area contributed by atoms with Crippen LogP contribution in [0.25, 0.3) is 21.5 Å². The van der Waals surface area contributed by atoms with Gasteiger partial charge >= 0.3 is 0 Å². The van der Waals surface area contributed by atoms with Crippen LogP contribution < -0.4 is 20.9 Å². The van der Waals surface area contributed by atoms with Crippen molar-refractivity contribution in [2.24, 2.45) is 5.73 Å². The number of primary amides is 1. The molecule has 3 aromatic rings. The molecule has 0 bridgehead atoms. The molecule has 4 N–H and O–H groups in total. The third-order valence-corrected chi connectivity index (χ3v) is 4.91. The molecule has 0 aliphatic rings. The fourth-order valence-corrected chi connectivity index (χ4v) is 3.66. The van der Waals surface area contributed by atoms with Gasteiger partial charge in [-0.15, -0.1) is 11.3 Å². The molecule has 0 unspecified atom stereocenters. The van der Waals surface area contributed by atoms with E-state index >= 15 is 0 Å². The minimum atomic E-state index is -0.539. The monoisotopic (exact) mass is 343 g/mol. The standard InChI is InChI=1S/C17H17N3O3S/c1-8-6-10(9-4-5-11(22-2)12(7-9)23-3)20-17-13(8)14(18)15(24-17)16(19)21/h4-7H,18H2,1-3H3,(H2,19,21). The van der Waals surface area contributed by atoms with Crippen molar-refractivity contribution in [3.05, 3.63) is 34.7 Å². The molecular weight excluding hydrogens is 326 g/mol. The van der Waals surface area contributed by atoms with Crippen molar-refractivity contribution in [2.45, 2.75) is 6.92 Å². The molecular formula is C17H17N3O3S. The first-order valence-corrected chi connectivity index (χ1v) is 7.99. The Hall–Kier alpha value is -2.80. The van der Waals surface area contributed by atoms with Crippen molar-refractivity contribution in [1.82, 2.24) is 4.98 Å². The van der Waals surface area contributed by atoms with Gasteiger partial charge in [-0.05, 0) is 36.8 Å². The molecule has 2 aromatic heterocycles. The number of fused-ring (bicyclic) bond motifs is 1. The fraction of sp³-hybridized carbons (Fsp3) is 0.176. The number of aromatic nitrogens is 1. The van der Waals surface area contributed by atoms with Crippen LogP contribution in [-0.4, -0.2) is 25.1 Å². The predicted octanol–water partition coefficient (Wildman–Crippen LogP) is 2.97. The summed E-state index contributed by atoms with van der Waals surface area (Å²) in [6.07, 6.45) is 0. The van der Waals surface area contributed by atoms with Crippen molar-refractivity contribution < 1.29 is 14.3 Å². The summed E-state index contributed by atoms with van der Waals surface area (Å²) in [7, 11) is 3.17. The second-order valence-corrected chi connectivity index (χ2v) is 6.28. The molecule has 1 aromatic carbocycles. The average Bonchev–Trinajstić information content (AvgIpc) is 2.91. The first kappa shape index (κ1) is 16.1. The lowest BCUT2D eigenvalue weighted by atomic mass is 10.1. The van der Waals surface area contributed by atoms with Crippen LogP contribution in [-0.2, 0) is 0 Å². The van der Waals surface area contributed by atoms with Crippen molar-refractivity contribution in [2.75, 3.05) is 20.0 Å². The number of nitrogen functional groups attached to an aromatic ring is 1. The zero-order valence-electron chi connectivity index (χ0n) is 13.5. The Labute approximate surface area is 143 Å². The van der Waals surface area contributed by atoms with Crippen molar-refractivity contribution >= 4 is 33.1 Å². The van der Waals surface area contributed by atoms with E-state index in [-0.39, 0.29) is 0 Å². The van der Waals surface area contributed by atoms with E-state index in [1.54, 1.807) is 14.2 Å². The van der Waals surface area contributed by atoms with Crippen molar-refractivity contribution in [3.63, 3.8) is 0 Å². The van der Waals surface area contributed by atoms with Gasteiger partial charge in [-0.1, -0.05) is 0 Å². The zero-order valence-corrected chi connectivity index (χ0v) is 14.4. The molecule has 24 heavy (non-hydrogen) atoms. The summed E-state index contributed by atoms with van der Waals surface area (Å²) in [6, 6.07) is 7.52.